The molecule has 0 amide bonds. The summed E-state index contributed by atoms with van der Waals surface area (Å²) in [7, 11) is 3.38. The van der Waals surface area contributed by atoms with Crippen LogP contribution in [0.2, 0.25) is 0 Å². The molecule has 1 aliphatic rings. The lowest BCUT2D eigenvalue weighted by Crippen LogP contribution is -2.50. The molecule has 0 radical (unpaired) electrons. The fourth-order valence-electron chi connectivity index (χ4n) is 1.27. The Balaban J connectivity index is 2.09. The van der Waals surface area contributed by atoms with Gasteiger partial charge < -0.3 is 14.2 Å². The van der Waals surface area contributed by atoms with E-state index in [9.17, 15) is 0 Å². The lowest BCUT2D eigenvalue weighted by Gasteiger charge is -2.39. The van der Waals surface area contributed by atoms with E-state index in [1.165, 1.54) is 0 Å². The standard InChI is InChI=1S/C8H15BrO3/c1-10-3-4-12-7-5-6(9)8(7)11-2/h6-8H,3-5H2,1-2H3. The maximum Gasteiger partial charge on any atom is 0.0958 e. The van der Waals surface area contributed by atoms with Crippen molar-refractivity contribution in [3.63, 3.8) is 0 Å². The van der Waals surface area contributed by atoms with E-state index < -0.39 is 0 Å². The van der Waals surface area contributed by atoms with Crippen molar-refractivity contribution in [1.82, 2.24) is 0 Å². The minimum Gasteiger partial charge on any atom is -0.382 e. The first-order valence-electron chi connectivity index (χ1n) is 4.07. The topological polar surface area (TPSA) is 27.7 Å². The molecule has 0 aromatic heterocycles. The molecule has 12 heavy (non-hydrogen) atoms. The second-order valence-electron chi connectivity index (χ2n) is 2.85. The lowest BCUT2D eigenvalue weighted by molar-refractivity contribution is -0.113. The average molecular weight is 239 g/mol. The summed E-state index contributed by atoms with van der Waals surface area (Å²) in [6, 6.07) is 0. The van der Waals surface area contributed by atoms with Crippen molar-refractivity contribution in [2.45, 2.75) is 23.5 Å². The lowest BCUT2D eigenvalue weighted by atomic mass is 9.91. The molecule has 0 aromatic carbocycles. The zero-order valence-corrected chi connectivity index (χ0v) is 9.04. The fourth-order valence-corrected chi connectivity index (χ4v) is 2.20. The summed E-state index contributed by atoms with van der Waals surface area (Å²) in [5, 5.41) is 0. The Morgan fingerprint density at radius 2 is 2.08 bits per heavy atom. The number of alkyl halides is 1. The van der Waals surface area contributed by atoms with Gasteiger partial charge in [-0.2, -0.15) is 0 Å². The predicted octanol–water partition coefficient (Wildman–Crippen LogP) is 1.20. The number of methoxy groups -OCH3 is 2. The minimum atomic E-state index is 0.210. The molecule has 72 valence electrons. The van der Waals surface area contributed by atoms with Crippen molar-refractivity contribution in [3.05, 3.63) is 0 Å². The van der Waals surface area contributed by atoms with Crippen LogP contribution in [-0.4, -0.2) is 44.5 Å². The summed E-state index contributed by atoms with van der Waals surface area (Å²) in [5.41, 5.74) is 0. The molecule has 0 aromatic rings. The van der Waals surface area contributed by atoms with E-state index >= 15 is 0 Å². The molecule has 3 nitrogen and oxygen atoms in total. The van der Waals surface area contributed by atoms with Gasteiger partial charge in [-0.25, -0.2) is 0 Å². The number of ether oxygens (including phenoxy) is 3. The smallest absolute Gasteiger partial charge is 0.0958 e. The highest BCUT2D eigenvalue weighted by atomic mass is 79.9. The third-order valence-corrected chi connectivity index (χ3v) is 2.97. The highest BCUT2D eigenvalue weighted by molar-refractivity contribution is 9.09. The molecule has 3 atom stereocenters. The van der Waals surface area contributed by atoms with Gasteiger partial charge in [-0.15, -0.1) is 0 Å². The SMILES string of the molecule is COCCOC1CC(Br)C1OC. The van der Waals surface area contributed by atoms with Gasteiger partial charge in [-0.1, -0.05) is 15.9 Å². The Hall–Kier alpha value is 0.360. The quantitative estimate of drug-likeness (QED) is 0.533. The first kappa shape index (κ1) is 10.4. The molecule has 1 aliphatic carbocycles. The van der Waals surface area contributed by atoms with Gasteiger partial charge in [-0.05, 0) is 6.42 Å². The van der Waals surface area contributed by atoms with E-state index in [0.717, 1.165) is 6.42 Å². The Labute approximate surface area is 81.5 Å². The summed E-state index contributed by atoms with van der Waals surface area (Å²) in [5.74, 6) is 0. The largest absolute Gasteiger partial charge is 0.382 e. The Kier molecular flexibility index (Phi) is 4.50. The van der Waals surface area contributed by atoms with Crippen molar-refractivity contribution in [3.8, 4) is 0 Å². The van der Waals surface area contributed by atoms with E-state index in [1.807, 2.05) is 0 Å². The molecule has 0 spiro atoms. The van der Waals surface area contributed by atoms with Gasteiger partial charge in [-0.3, -0.25) is 0 Å². The third-order valence-electron chi connectivity index (χ3n) is 2.07. The van der Waals surface area contributed by atoms with Crippen LogP contribution in [0.4, 0.5) is 0 Å². The highest BCUT2D eigenvalue weighted by Crippen LogP contribution is 2.32. The van der Waals surface area contributed by atoms with Crippen LogP contribution in [0.1, 0.15) is 6.42 Å². The second-order valence-corrected chi connectivity index (χ2v) is 4.03. The van der Waals surface area contributed by atoms with Gasteiger partial charge >= 0.3 is 0 Å². The summed E-state index contributed by atoms with van der Waals surface area (Å²) >= 11 is 3.50. The number of halogens is 1. The molecule has 0 saturated heterocycles. The molecule has 0 heterocycles. The van der Waals surface area contributed by atoms with Crippen LogP contribution >= 0.6 is 15.9 Å². The van der Waals surface area contributed by atoms with Gasteiger partial charge in [0.1, 0.15) is 0 Å². The zero-order valence-electron chi connectivity index (χ0n) is 7.46. The fraction of sp³-hybridized carbons (Fsp3) is 1.00. The van der Waals surface area contributed by atoms with E-state index in [-0.39, 0.29) is 12.2 Å². The summed E-state index contributed by atoms with van der Waals surface area (Å²) in [6.45, 7) is 1.31. The second kappa shape index (κ2) is 5.17. The Morgan fingerprint density at radius 1 is 1.33 bits per heavy atom. The monoisotopic (exact) mass is 238 g/mol. The molecule has 0 aliphatic heterocycles. The summed E-state index contributed by atoms with van der Waals surface area (Å²) in [6.07, 6.45) is 1.48. The molecule has 1 fully saturated rings. The molecular formula is C8H15BrO3. The first-order chi connectivity index (χ1) is 5.79. The van der Waals surface area contributed by atoms with Crippen LogP contribution in [0, 0.1) is 0 Å². The molecule has 1 rings (SSSR count). The van der Waals surface area contributed by atoms with Crippen LogP contribution in [-0.2, 0) is 14.2 Å². The Morgan fingerprint density at radius 3 is 2.58 bits per heavy atom. The van der Waals surface area contributed by atoms with Gasteiger partial charge in [0, 0.05) is 19.0 Å². The van der Waals surface area contributed by atoms with E-state index in [4.69, 9.17) is 14.2 Å². The molecule has 0 N–H and O–H groups in total. The Bertz CT molecular complexity index is 131. The number of hydrogen-bond donors (Lipinski definition) is 0. The van der Waals surface area contributed by atoms with Gasteiger partial charge in [0.2, 0.25) is 0 Å². The van der Waals surface area contributed by atoms with Crippen molar-refractivity contribution in [2.24, 2.45) is 0 Å². The third kappa shape index (κ3) is 2.42. The van der Waals surface area contributed by atoms with Gasteiger partial charge in [0.05, 0.1) is 25.4 Å². The predicted molar refractivity (Wildman–Crippen MR) is 49.7 cm³/mol. The average Bonchev–Trinajstić information content (AvgIpc) is 2.04. The van der Waals surface area contributed by atoms with Crippen molar-refractivity contribution < 1.29 is 14.2 Å². The van der Waals surface area contributed by atoms with Crippen molar-refractivity contribution in [2.75, 3.05) is 27.4 Å². The van der Waals surface area contributed by atoms with Crippen LogP contribution in [0.5, 0.6) is 0 Å². The molecule has 3 unspecified atom stereocenters. The molecular weight excluding hydrogens is 224 g/mol. The van der Waals surface area contributed by atoms with Gasteiger partial charge in [0.25, 0.3) is 0 Å². The minimum absolute atomic E-state index is 0.210. The zero-order chi connectivity index (χ0) is 8.97. The molecule has 1 saturated carbocycles. The summed E-state index contributed by atoms with van der Waals surface area (Å²) < 4.78 is 15.6. The summed E-state index contributed by atoms with van der Waals surface area (Å²) in [4.78, 5) is 0.454. The van der Waals surface area contributed by atoms with Crippen molar-refractivity contribution >= 4 is 15.9 Å². The van der Waals surface area contributed by atoms with Crippen LogP contribution in [0.3, 0.4) is 0 Å². The molecule has 0 bridgehead atoms. The maximum atomic E-state index is 5.51. The number of hydrogen-bond acceptors (Lipinski definition) is 3. The van der Waals surface area contributed by atoms with Crippen molar-refractivity contribution in [1.29, 1.82) is 0 Å². The first-order valence-corrected chi connectivity index (χ1v) is 4.98. The number of rotatable bonds is 5. The highest BCUT2D eigenvalue weighted by Gasteiger charge is 2.40. The van der Waals surface area contributed by atoms with E-state index in [0.29, 0.717) is 18.0 Å². The van der Waals surface area contributed by atoms with Crippen LogP contribution < -0.4 is 0 Å². The van der Waals surface area contributed by atoms with E-state index in [1.54, 1.807) is 14.2 Å². The normalized spacial score (nSPS) is 34.8. The van der Waals surface area contributed by atoms with E-state index in [2.05, 4.69) is 15.9 Å². The molecule has 4 heteroatoms. The van der Waals surface area contributed by atoms with Gasteiger partial charge in [0.15, 0.2) is 0 Å². The maximum absolute atomic E-state index is 5.51. The van der Waals surface area contributed by atoms with Crippen LogP contribution in [0.25, 0.3) is 0 Å². The van der Waals surface area contributed by atoms with Crippen LogP contribution in [0.15, 0.2) is 0 Å².